The van der Waals surface area contributed by atoms with Crippen LogP contribution in [0.1, 0.15) is 39.2 Å². The summed E-state index contributed by atoms with van der Waals surface area (Å²) in [5, 5.41) is 7.65. The van der Waals surface area contributed by atoms with Crippen molar-refractivity contribution in [2.45, 2.75) is 40.8 Å². The van der Waals surface area contributed by atoms with E-state index in [4.69, 9.17) is 9.47 Å². The molecule has 1 aromatic heterocycles. The minimum Gasteiger partial charge on any atom is -0.496 e. The van der Waals surface area contributed by atoms with Crippen molar-refractivity contribution in [3.05, 3.63) is 112 Å². The van der Waals surface area contributed by atoms with Gasteiger partial charge >= 0.3 is 0 Å². The van der Waals surface area contributed by atoms with Gasteiger partial charge in [-0.1, -0.05) is 42.5 Å². The van der Waals surface area contributed by atoms with Crippen molar-refractivity contribution in [2.24, 2.45) is 0 Å². The molecule has 4 aromatic rings. The summed E-state index contributed by atoms with van der Waals surface area (Å²) in [7, 11) is 1.64. The van der Waals surface area contributed by atoms with Crippen LogP contribution in [0, 0.1) is 27.7 Å². The van der Waals surface area contributed by atoms with Crippen molar-refractivity contribution in [1.82, 2.24) is 9.78 Å². The number of anilines is 1. The van der Waals surface area contributed by atoms with Gasteiger partial charge in [-0.25, -0.2) is 0 Å². The summed E-state index contributed by atoms with van der Waals surface area (Å²) in [6.45, 7) is 9.02. The summed E-state index contributed by atoms with van der Waals surface area (Å²) >= 11 is 0. The molecule has 0 fully saturated rings. The lowest BCUT2D eigenvalue weighted by molar-refractivity contribution is -0.111. The van der Waals surface area contributed by atoms with Gasteiger partial charge in [0.2, 0.25) is 5.91 Å². The Kier molecular flexibility index (Phi) is 8.08. The highest BCUT2D eigenvalue weighted by atomic mass is 16.5. The van der Waals surface area contributed by atoms with E-state index >= 15 is 0 Å². The average Bonchev–Trinajstić information content (AvgIpc) is 3.15. The van der Waals surface area contributed by atoms with Crippen molar-refractivity contribution >= 4 is 17.7 Å². The van der Waals surface area contributed by atoms with Gasteiger partial charge in [0.25, 0.3) is 0 Å². The van der Waals surface area contributed by atoms with Gasteiger partial charge in [0, 0.05) is 11.6 Å². The molecule has 0 spiro atoms. The maximum Gasteiger partial charge on any atom is 0.248 e. The number of aryl methyl sites for hydroxylation is 3. The van der Waals surface area contributed by atoms with Crippen LogP contribution in [-0.2, 0) is 17.9 Å². The van der Waals surface area contributed by atoms with Crippen LogP contribution in [0.2, 0.25) is 0 Å². The number of methoxy groups -OCH3 is 1. The Morgan fingerprint density at radius 3 is 2.54 bits per heavy atom. The fourth-order valence-electron chi connectivity index (χ4n) is 4.20. The number of amides is 1. The first kappa shape index (κ1) is 25.8. The van der Waals surface area contributed by atoms with Crippen LogP contribution in [0.4, 0.5) is 5.69 Å². The first-order valence-electron chi connectivity index (χ1n) is 12.3. The van der Waals surface area contributed by atoms with E-state index in [1.807, 2.05) is 80.1 Å². The van der Waals surface area contributed by atoms with E-state index in [9.17, 15) is 4.79 Å². The molecule has 3 aromatic carbocycles. The average molecular weight is 496 g/mol. The molecule has 37 heavy (non-hydrogen) atoms. The molecule has 0 bridgehead atoms. The molecule has 190 valence electrons. The summed E-state index contributed by atoms with van der Waals surface area (Å²) in [5.74, 6) is 1.33. The Morgan fingerprint density at radius 2 is 1.78 bits per heavy atom. The quantitative estimate of drug-likeness (QED) is 0.273. The predicted octanol–water partition coefficient (Wildman–Crippen LogP) is 6.40. The van der Waals surface area contributed by atoms with Gasteiger partial charge in [-0.15, -0.1) is 0 Å². The molecule has 0 unspecified atom stereocenters. The molecular formula is C31H33N3O3. The lowest BCUT2D eigenvalue weighted by atomic mass is 10.1. The van der Waals surface area contributed by atoms with Crippen molar-refractivity contribution in [3.63, 3.8) is 0 Å². The lowest BCUT2D eigenvalue weighted by Gasteiger charge is -2.11. The van der Waals surface area contributed by atoms with Gasteiger partial charge in [0.1, 0.15) is 18.1 Å². The molecule has 0 aliphatic carbocycles. The van der Waals surface area contributed by atoms with Crippen LogP contribution in [-0.4, -0.2) is 22.8 Å². The normalized spacial score (nSPS) is 11.1. The third-order valence-corrected chi connectivity index (χ3v) is 6.33. The van der Waals surface area contributed by atoms with E-state index in [0.717, 1.165) is 45.3 Å². The SMILES string of the molecule is COc1ccc(/C=C/C(=O)Nc2c(C)nn(Cc3ccccc3C)c2C)cc1COc1cccc(C)c1. The summed E-state index contributed by atoms with van der Waals surface area (Å²) in [6.07, 6.45) is 3.32. The highest BCUT2D eigenvalue weighted by molar-refractivity contribution is 6.02. The number of benzene rings is 3. The van der Waals surface area contributed by atoms with E-state index in [0.29, 0.717) is 13.2 Å². The first-order valence-corrected chi connectivity index (χ1v) is 12.3. The van der Waals surface area contributed by atoms with E-state index in [1.165, 1.54) is 17.2 Å². The van der Waals surface area contributed by atoms with E-state index in [-0.39, 0.29) is 5.91 Å². The van der Waals surface area contributed by atoms with Crippen LogP contribution >= 0.6 is 0 Å². The molecule has 0 aliphatic heterocycles. The number of hydrogen-bond donors (Lipinski definition) is 1. The van der Waals surface area contributed by atoms with Crippen LogP contribution in [0.25, 0.3) is 6.08 Å². The number of carbonyl (C=O) groups excluding carboxylic acids is 1. The van der Waals surface area contributed by atoms with Crippen molar-refractivity contribution in [3.8, 4) is 11.5 Å². The standard InChI is InChI=1S/C31H33N3O3/c1-21-9-8-12-28(17-21)37-20-27-18-25(13-15-29(27)36-5)14-16-30(35)32-31-23(3)33-34(24(31)4)19-26-11-7-6-10-22(26)2/h6-18H,19-20H2,1-5H3,(H,32,35)/b16-14+. The number of nitrogens with one attached hydrogen (secondary N) is 1. The van der Waals surface area contributed by atoms with Crippen LogP contribution in [0.5, 0.6) is 11.5 Å². The van der Waals surface area contributed by atoms with Crippen molar-refractivity contribution in [1.29, 1.82) is 0 Å². The molecule has 0 atom stereocenters. The van der Waals surface area contributed by atoms with Gasteiger partial charge < -0.3 is 14.8 Å². The van der Waals surface area contributed by atoms with Crippen LogP contribution < -0.4 is 14.8 Å². The topological polar surface area (TPSA) is 65.4 Å². The van der Waals surface area contributed by atoms with Crippen LogP contribution in [0.3, 0.4) is 0 Å². The zero-order valence-corrected chi connectivity index (χ0v) is 22.0. The first-order chi connectivity index (χ1) is 17.8. The Labute approximate surface area is 218 Å². The van der Waals surface area contributed by atoms with Gasteiger partial charge in [-0.2, -0.15) is 5.10 Å². The predicted molar refractivity (Wildman–Crippen MR) is 148 cm³/mol. The second-order valence-corrected chi connectivity index (χ2v) is 9.13. The minimum absolute atomic E-state index is 0.213. The van der Waals surface area contributed by atoms with E-state index in [2.05, 4.69) is 29.5 Å². The highest BCUT2D eigenvalue weighted by Crippen LogP contribution is 2.24. The zero-order valence-electron chi connectivity index (χ0n) is 22.0. The number of hydrogen-bond acceptors (Lipinski definition) is 4. The third kappa shape index (κ3) is 6.47. The number of ether oxygens (including phenoxy) is 2. The Hall–Kier alpha value is -4.32. The molecule has 1 N–H and O–H groups in total. The molecule has 4 rings (SSSR count). The molecule has 0 saturated carbocycles. The number of nitrogens with zero attached hydrogens (tertiary/aromatic N) is 2. The number of aromatic nitrogens is 2. The number of carbonyl (C=O) groups is 1. The Bertz CT molecular complexity index is 1440. The molecule has 6 heteroatoms. The molecular weight excluding hydrogens is 462 g/mol. The summed E-state index contributed by atoms with van der Waals surface area (Å²) in [4.78, 5) is 12.8. The van der Waals surface area contributed by atoms with E-state index < -0.39 is 0 Å². The number of rotatable bonds is 9. The van der Waals surface area contributed by atoms with E-state index in [1.54, 1.807) is 13.2 Å². The lowest BCUT2D eigenvalue weighted by Crippen LogP contribution is -2.10. The van der Waals surface area contributed by atoms with Crippen molar-refractivity contribution in [2.75, 3.05) is 12.4 Å². The van der Waals surface area contributed by atoms with Crippen molar-refractivity contribution < 1.29 is 14.3 Å². The maximum atomic E-state index is 12.8. The Morgan fingerprint density at radius 1 is 0.973 bits per heavy atom. The summed E-state index contributed by atoms with van der Waals surface area (Å²) in [5.41, 5.74) is 7.77. The largest absolute Gasteiger partial charge is 0.496 e. The van der Waals surface area contributed by atoms with Gasteiger partial charge in [0.05, 0.1) is 30.7 Å². The monoisotopic (exact) mass is 495 g/mol. The second kappa shape index (κ2) is 11.6. The molecule has 1 amide bonds. The molecule has 0 saturated heterocycles. The highest BCUT2D eigenvalue weighted by Gasteiger charge is 2.14. The summed E-state index contributed by atoms with van der Waals surface area (Å²) < 4.78 is 13.4. The fraction of sp³-hybridized carbons (Fsp3) is 0.226. The van der Waals surface area contributed by atoms with Crippen LogP contribution in [0.15, 0.2) is 72.8 Å². The fourth-order valence-corrected chi connectivity index (χ4v) is 4.20. The van der Waals surface area contributed by atoms with Gasteiger partial charge in [-0.3, -0.25) is 9.48 Å². The van der Waals surface area contributed by atoms with Gasteiger partial charge in [0.15, 0.2) is 0 Å². The molecule has 0 radical (unpaired) electrons. The molecule has 6 nitrogen and oxygen atoms in total. The Balaban J connectivity index is 1.44. The molecule has 0 aliphatic rings. The minimum atomic E-state index is -0.213. The third-order valence-electron chi connectivity index (χ3n) is 6.33. The zero-order chi connectivity index (χ0) is 26.4. The maximum absolute atomic E-state index is 12.8. The second-order valence-electron chi connectivity index (χ2n) is 9.13. The van der Waals surface area contributed by atoms with Gasteiger partial charge in [-0.05, 0) is 80.3 Å². The molecule has 1 heterocycles. The smallest absolute Gasteiger partial charge is 0.248 e. The summed E-state index contributed by atoms with van der Waals surface area (Å²) in [6, 6.07) is 21.9.